The summed E-state index contributed by atoms with van der Waals surface area (Å²) in [6.45, 7) is 9.81. The van der Waals surface area contributed by atoms with E-state index in [9.17, 15) is 13.2 Å². The van der Waals surface area contributed by atoms with Gasteiger partial charge in [0, 0.05) is 32.8 Å². The zero-order valence-electron chi connectivity index (χ0n) is 16.1. The lowest BCUT2D eigenvalue weighted by atomic mass is 10.2. The lowest BCUT2D eigenvalue weighted by molar-refractivity contribution is -0.123. The van der Waals surface area contributed by atoms with Crippen molar-refractivity contribution in [1.29, 1.82) is 0 Å². The van der Waals surface area contributed by atoms with Gasteiger partial charge in [-0.15, -0.1) is 0 Å². The number of nitrogens with zero attached hydrogens (tertiary/aromatic N) is 1. The number of nitrogens with one attached hydrogen (secondary N) is 1. The summed E-state index contributed by atoms with van der Waals surface area (Å²) in [6.07, 6.45) is 0.747. The molecule has 0 unspecified atom stereocenters. The molecular weight excluding hydrogens is 356 g/mol. The first-order valence-electron chi connectivity index (χ1n) is 8.94. The van der Waals surface area contributed by atoms with Crippen LogP contribution in [0.1, 0.15) is 32.8 Å². The Morgan fingerprint density at radius 2 is 1.88 bits per heavy atom. The first-order chi connectivity index (χ1) is 12.4. The predicted octanol–water partition coefficient (Wildman–Crippen LogP) is 1.95. The van der Waals surface area contributed by atoms with Crippen LogP contribution in [0.2, 0.25) is 0 Å². The van der Waals surface area contributed by atoms with Gasteiger partial charge in [-0.25, -0.2) is 8.42 Å². The summed E-state index contributed by atoms with van der Waals surface area (Å²) >= 11 is 0. The van der Waals surface area contributed by atoms with E-state index in [-0.39, 0.29) is 17.4 Å². The summed E-state index contributed by atoms with van der Waals surface area (Å²) in [6, 6.07) is 4.67. The second kappa shape index (κ2) is 11.2. The molecule has 0 atom stereocenters. The molecule has 1 amide bonds. The number of carbonyl (C=O) groups is 1. The van der Waals surface area contributed by atoms with Crippen LogP contribution in [-0.4, -0.2) is 58.1 Å². The number of ether oxygens (including phenoxy) is 2. The smallest absolute Gasteiger partial charge is 0.257 e. The van der Waals surface area contributed by atoms with Crippen molar-refractivity contribution in [1.82, 2.24) is 9.62 Å². The van der Waals surface area contributed by atoms with E-state index in [1.54, 1.807) is 32.9 Å². The third-order valence-electron chi connectivity index (χ3n) is 3.84. The molecule has 0 saturated carbocycles. The maximum Gasteiger partial charge on any atom is 0.257 e. The van der Waals surface area contributed by atoms with Gasteiger partial charge in [-0.3, -0.25) is 4.79 Å². The molecule has 0 spiro atoms. The molecule has 0 radical (unpaired) electrons. The molecule has 0 aliphatic heterocycles. The minimum Gasteiger partial charge on any atom is -0.484 e. The van der Waals surface area contributed by atoms with Gasteiger partial charge in [-0.05, 0) is 44.0 Å². The molecule has 0 aliphatic carbocycles. The van der Waals surface area contributed by atoms with Crippen LogP contribution in [0.15, 0.2) is 23.1 Å². The molecule has 0 aromatic heterocycles. The van der Waals surface area contributed by atoms with Crippen molar-refractivity contribution < 1.29 is 22.7 Å². The van der Waals surface area contributed by atoms with Gasteiger partial charge in [0.25, 0.3) is 5.91 Å². The van der Waals surface area contributed by atoms with E-state index in [4.69, 9.17) is 9.47 Å². The number of sulfonamides is 1. The van der Waals surface area contributed by atoms with Gasteiger partial charge in [0.05, 0.1) is 4.90 Å². The largest absolute Gasteiger partial charge is 0.484 e. The Balaban J connectivity index is 2.61. The average molecular weight is 387 g/mol. The second-order valence-corrected chi connectivity index (χ2v) is 7.64. The molecular formula is C18H30N2O5S. The fourth-order valence-corrected chi connectivity index (χ4v) is 3.94. The van der Waals surface area contributed by atoms with Gasteiger partial charge in [-0.2, -0.15) is 4.31 Å². The van der Waals surface area contributed by atoms with Crippen molar-refractivity contribution in [3.63, 3.8) is 0 Å². The number of carbonyl (C=O) groups excluding carboxylic acids is 1. The summed E-state index contributed by atoms with van der Waals surface area (Å²) in [4.78, 5) is 12.0. The monoisotopic (exact) mass is 386 g/mol. The minimum atomic E-state index is -3.50. The Kier molecular flexibility index (Phi) is 9.61. The van der Waals surface area contributed by atoms with Crippen LogP contribution >= 0.6 is 0 Å². The van der Waals surface area contributed by atoms with Gasteiger partial charge in [-0.1, -0.05) is 13.8 Å². The summed E-state index contributed by atoms with van der Waals surface area (Å²) in [5, 5.41) is 2.75. The highest BCUT2D eigenvalue weighted by Crippen LogP contribution is 2.24. The maximum absolute atomic E-state index is 12.5. The number of hydrogen-bond acceptors (Lipinski definition) is 5. The molecule has 0 heterocycles. The van der Waals surface area contributed by atoms with Gasteiger partial charge in [0.15, 0.2) is 6.61 Å². The zero-order chi connectivity index (χ0) is 19.6. The zero-order valence-corrected chi connectivity index (χ0v) is 16.9. The van der Waals surface area contributed by atoms with Gasteiger partial charge < -0.3 is 14.8 Å². The number of amides is 1. The molecule has 7 nitrogen and oxygen atoms in total. The van der Waals surface area contributed by atoms with Crippen LogP contribution in [0.5, 0.6) is 5.75 Å². The van der Waals surface area contributed by atoms with Crippen LogP contribution in [0, 0.1) is 6.92 Å². The fourth-order valence-electron chi connectivity index (χ4n) is 2.40. The lowest BCUT2D eigenvalue weighted by Crippen LogP contribution is -2.31. The third-order valence-corrected chi connectivity index (χ3v) is 5.89. The summed E-state index contributed by atoms with van der Waals surface area (Å²) in [5.41, 5.74) is 0.669. The van der Waals surface area contributed by atoms with Crippen molar-refractivity contribution in [2.45, 2.75) is 39.0 Å². The molecule has 148 valence electrons. The minimum absolute atomic E-state index is 0.113. The summed E-state index contributed by atoms with van der Waals surface area (Å²) in [5.74, 6) is 0.272. The SMILES string of the molecule is CCOCCCNC(=O)COc1ccc(S(=O)(=O)N(CC)CC)cc1C. The number of rotatable bonds is 12. The fraction of sp³-hybridized carbons (Fsp3) is 0.611. The van der Waals surface area contributed by atoms with E-state index < -0.39 is 10.0 Å². The molecule has 1 rings (SSSR count). The third kappa shape index (κ3) is 6.59. The highest BCUT2D eigenvalue weighted by atomic mass is 32.2. The second-order valence-electron chi connectivity index (χ2n) is 5.71. The van der Waals surface area contributed by atoms with Crippen LogP contribution in [0.3, 0.4) is 0 Å². The van der Waals surface area contributed by atoms with Crippen molar-refractivity contribution in [2.75, 3.05) is 39.5 Å². The van der Waals surface area contributed by atoms with Crippen LogP contribution in [0.4, 0.5) is 0 Å². The standard InChI is InChI=1S/C18H30N2O5S/c1-5-20(6-2)26(22,23)16-9-10-17(15(4)13-16)25-14-18(21)19-11-8-12-24-7-3/h9-10,13H,5-8,11-12,14H2,1-4H3,(H,19,21). The number of aryl methyl sites for hydroxylation is 1. The maximum atomic E-state index is 12.5. The quantitative estimate of drug-likeness (QED) is 0.555. The van der Waals surface area contributed by atoms with E-state index in [1.165, 1.54) is 10.4 Å². The Morgan fingerprint density at radius 3 is 2.46 bits per heavy atom. The van der Waals surface area contributed by atoms with Crippen LogP contribution in [-0.2, 0) is 19.6 Å². The van der Waals surface area contributed by atoms with E-state index in [1.807, 2.05) is 6.92 Å². The predicted molar refractivity (Wildman–Crippen MR) is 101 cm³/mol. The van der Waals surface area contributed by atoms with Crippen molar-refractivity contribution in [3.8, 4) is 5.75 Å². The van der Waals surface area contributed by atoms with Crippen molar-refractivity contribution >= 4 is 15.9 Å². The van der Waals surface area contributed by atoms with Crippen molar-refractivity contribution in [3.05, 3.63) is 23.8 Å². The molecule has 26 heavy (non-hydrogen) atoms. The normalized spacial score (nSPS) is 11.6. The molecule has 1 N–H and O–H groups in total. The Morgan fingerprint density at radius 1 is 1.19 bits per heavy atom. The average Bonchev–Trinajstić information content (AvgIpc) is 2.61. The van der Waals surface area contributed by atoms with Gasteiger partial charge in [0.1, 0.15) is 5.75 Å². The first kappa shape index (κ1) is 22.4. The molecule has 1 aromatic carbocycles. The van der Waals surface area contributed by atoms with Crippen LogP contribution in [0.25, 0.3) is 0 Å². The van der Waals surface area contributed by atoms with Gasteiger partial charge >= 0.3 is 0 Å². The highest BCUT2D eigenvalue weighted by Gasteiger charge is 2.22. The number of hydrogen-bond donors (Lipinski definition) is 1. The topological polar surface area (TPSA) is 84.9 Å². The molecule has 8 heteroatoms. The van der Waals surface area contributed by atoms with E-state index in [2.05, 4.69) is 5.32 Å². The lowest BCUT2D eigenvalue weighted by Gasteiger charge is -2.19. The van der Waals surface area contributed by atoms with Crippen LogP contribution < -0.4 is 10.1 Å². The van der Waals surface area contributed by atoms with E-state index in [0.717, 1.165) is 6.42 Å². The van der Waals surface area contributed by atoms with E-state index in [0.29, 0.717) is 44.2 Å². The molecule has 0 aliphatic rings. The number of benzene rings is 1. The van der Waals surface area contributed by atoms with Crippen molar-refractivity contribution in [2.24, 2.45) is 0 Å². The molecule has 1 aromatic rings. The Labute approximate surface area is 156 Å². The molecule has 0 bridgehead atoms. The Hall–Kier alpha value is -1.64. The first-order valence-corrected chi connectivity index (χ1v) is 10.4. The summed E-state index contributed by atoms with van der Waals surface area (Å²) in [7, 11) is -3.50. The van der Waals surface area contributed by atoms with E-state index >= 15 is 0 Å². The molecule has 0 saturated heterocycles. The van der Waals surface area contributed by atoms with Gasteiger partial charge in [0.2, 0.25) is 10.0 Å². The summed E-state index contributed by atoms with van der Waals surface area (Å²) < 4.78 is 37.2. The highest BCUT2D eigenvalue weighted by molar-refractivity contribution is 7.89. The molecule has 0 fully saturated rings. The Bertz CT molecular complexity index is 672.